The Labute approximate surface area is 95.7 Å². The summed E-state index contributed by atoms with van der Waals surface area (Å²) in [7, 11) is 2.12. The number of aromatic hydroxyl groups is 1. The maximum atomic E-state index is 9.67. The van der Waals surface area contributed by atoms with Crippen molar-refractivity contribution in [1.29, 1.82) is 0 Å². The predicted molar refractivity (Wildman–Crippen MR) is 66.8 cm³/mol. The average molecular weight is 218 g/mol. The number of aromatic amines is 1. The Balaban J connectivity index is 2.22. The fraction of sp³-hybridized carbons (Fsp3) is 0.385. The summed E-state index contributed by atoms with van der Waals surface area (Å²) in [5.41, 5.74) is 2.11. The van der Waals surface area contributed by atoms with Gasteiger partial charge in [0.2, 0.25) is 0 Å². The highest BCUT2D eigenvalue weighted by molar-refractivity contribution is 5.88. The third-order valence-electron chi connectivity index (χ3n) is 3.08. The van der Waals surface area contributed by atoms with Crippen molar-refractivity contribution < 1.29 is 5.11 Å². The van der Waals surface area contributed by atoms with Crippen molar-refractivity contribution in [2.45, 2.75) is 13.3 Å². The van der Waals surface area contributed by atoms with E-state index in [4.69, 9.17) is 0 Å². The van der Waals surface area contributed by atoms with Gasteiger partial charge < -0.3 is 15.0 Å². The van der Waals surface area contributed by atoms with Crippen LogP contribution in [0.1, 0.15) is 12.5 Å². The van der Waals surface area contributed by atoms with E-state index in [-0.39, 0.29) is 0 Å². The van der Waals surface area contributed by atoms with Crippen LogP contribution in [0.4, 0.5) is 0 Å². The van der Waals surface area contributed by atoms with Crippen LogP contribution in [-0.2, 0) is 6.42 Å². The quantitative estimate of drug-likeness (QED) is 0.827. The van der Waals surface area contributed by atoms with Crippen LogP contribution in [0.5, 0.6) is 5.75 Å². The number of aromatic nitrogens is 1. The number of nitrogens with zero attached hydrogens (tertiary/aromatic N) is 1. The van der Waals surface area contributed by atoms with Gasteiger partial charge in [-0.2, -0.15) is 0 Å². The minimum Gasteiger partial charge on any atom is -0.506 e. The molecule has 0 bridgehead atoms. The zero-order chi connectivity index (χ0) is 11.5. The van der Waals surface area contributed by atoms with E-state index in [0.717, 1.165) is 30.4 Å². The van der Waals surface area contributed by atoms with Crippen molar-refractivity contribution >= 4 is 10.9 Å². The Morgan fingerprint density at radius 3 is 2.94 bits per heavy atom. The molecule has 0 aliphatic carbocycles. The first-order chi connectivity index (χ1) is 7.72. The van der Waals surface area contributed by atoms with Crippen LogP contribution in [0.2, 0.25) is 0 Å². The van der Waals surface area contributed by atoms with E-state index in [1.807, 2.05) is 18.3 Å². The lowest BCUT2D eigenvalue weighted by Gasteiger charge is -2.12. The fourth-order valence-electron chi connectivity index (χ4n) is 1.87. The largest absolute Gasteiger partial charge is 0.506 e. The van der Waals surface area contributed by atoms with Crippen LogP contribution in [0.25, 0.3) is 10.9 Å². The van der Waals surface area contributed by atoms with Gasteiger partial charge in [-0.15, -0.1) is 0 Å². The van der Waals surface area contributed by atoms with Gasteiger partial charge in [0.05, 0.1) is 5.52 Å². The zero-order valence-corrected chi connectivity index (χ0v) is 9.83. The van der Waals surface area contributed by atoms with E-state index < -0.39 is 0 Å². The highest BCUT2D eigenvalue weighted by Crippen LogP contribution is 2.26. The van der Waals surface area contributed by atoms with Crippen LogP contribution >= 0.6 is 0 Å². The molecule has 0 unspecified atom stereocenters. The molecule has 3 nitrogen and oxygen atoms in total. The van der Waals surface area contributed by atoms with E-state index in [1.54, 1.807) is 6.07 Å². The van der Waals surface area contributed by atoms with Gasteiger partial charge in [0, 0.05) is 18.1 Å². The summed E-state index contributed by atoms with van der Waals surface area (Å²) in [4.78, 5) is 5.41. The van der Waals surface area contributed by atoms with E-state index in [2.05, 4.69) is 23.9 Å². The summed E-state index contributed by atoms with van der Waals surface area (Å²) in [6, 6.07) is 5.64. The summed E-state index contributed by atoms with van der Waals surface area (Å²) >= 11 is 0. The minimum absolute atomic E-state index is 0.326. The smallest absolute Gasteiger partial charge is 0.139 e. The van der Waals surface area contributed by atoms with Crippen molar-refractivity contribution in [3.63, 3.8) is 0 Å². The van der Waals surface area contributed by atoms with Gasteiger partial charge in [0.15, 0.2) is 0 Å². The number of H-pyrrole nitrogens is 1. The van der Waals surface area contributed by atoms with Crippen LogP contribution in [0.3, 0.4) is 0 Å². The standard InChI is InChI=1S/C13H18N2O/c1-3-15(2)8-7-10-9-14-13-11(10)5-4-6-12(13)16/h4-6,9,14,16H,3,7-8H2,1-2H3. The molecule has 1 aromatic carbocycles. The molecule has 0 radical (unpaired) electrons. The number of likely N-dealkylation sites (N-methyl/N-ethyl adjacent to an activating group) is 1. The van der Waals surface area contributed by atoms with Gasteiger partial charge >= 0.3 is 0 Å². The highest BCUT2D eigenvalue weighted by atomic mass is 16.3. The molecule has 2 rings (SSSR count). The molecule has 3 heteroatoms. The predicted octanol–water partition coefficient (Wildman–Crippen LogP) is 2.37. The normalized spacial score (nSPS) is 11.4. The fourth-order valence-corrected chi connectivity index (χ4v) is 1.87. The molecular formula is C13H18N2O. The maximum Gasteiger partial charge on any atom is 0.139 e. The summed E-state index contributed by atoms with van der Waals surface area (Å²) in [6.07, 6.45) is 3.00. The third kappa shape index (κ3) is 2.04. The molecule has 16 heavy (non-hydrogen) atoms. The Bertz CT molecular complexity index is 476. The van der Waals surface area contributed by atoms with Crippen molar-refractivity contribution in [2.75, 3.05) is 20.1 Å². The minimum atomic E-state index is 0.326. The maximum absolute atomic E-state index is 9.67. The second kappa shape index (κ2) is 4.58. The van der Waals surface area contributed by atoms with Gasteiger partial charge in [-0.05, 0) is 31.6 Å². The molecule has 2 aromatic rings. The van der Waals surface area contributed by atoms with Gasteiger partial charge in [-0.1, -0.05) is 19.1 Å². The summed E-state index contributed by atoms with van der Waals surface area (Å²) in [5, 5.41) is 10.8. The lowest BCUT2D eigenvalue weighted by molar-refractivity contribution is 0.358. The molecular weight excluding hydrogens is 200 g/mol. The Morgan fingerprint density at radius 1 is 1.38 bits per heavy atom. The number of para-hydroxylation sites is 1. The number of nitrogens with one attached hydrogen (secondary N) is 1. The second-order valence-electron chi connectivity index (χ2n) is 4.16. The molecule has 0 spiro atoms. The molecule has 0 saturated carbocycles. The molecule has 0 atom stereocenters. The number of phenols is 1. The average Bonchev–Trinajstić information content (AvgIpc) is 2.70. The van der Waals surface area contributed by atoms with Gasteiger partial charge in [-0.25, -0.2) is 0 Å². The summed E-state index contributed by atoms with van der Waals surface area (Å²) in [6.45, 7) is 4.26. The molecule has 0 aliphatic heterocycles. The summed E-state index contributed by atoms with van der Waals surface area (Å²) < 4.78 is 0. The molecule has 0 aliphatic rings. The van der Waals surface area contributed by atoms with Crippen LogP contribution in [-0.4, -0.2) is 35.1 Å². The Hall–Kier alpha value is -1.48. The van der Waals surface area contributed by atoms with Crippen LogP contribution < -0.4 is 0 Å². The zero-order valence-electron chi connectivity index (χ0n) is 9.83. The van der Waals surface area contributed by atoms with Crippen LogP contribution in [0.15, 0.2) is 24.4 Å². The van der Waals surface area contributed by atoms with Gasteiger partial charge in [0.25, 0.3) is 0 Å². The van der Waals surface area contributed by atoms with E-state index in [0.29, 0.717) is 5.75 Å². The van der Waals surface area contributed by atoms with Crippen molar-refractivity contribution in [1.82, 2.24) is 9.88 Å². The molecule has 1 heterocycles. The molecule has 1 aromatic heterocycles. The number of hydrogen-bond acceptors (Lipinski definition) is 2. The van der Waals surface area contributed by atoms with Gasteiger partial charge in [-0.3, -0.25) is 0 Å². The first-order valence-electron chi connectivity index (χ1n) is 5.69. The number of rotatable bonds is 4. The van der Waals surface area contributed by atoms with Crippen molar-refractivity contribution in [2.24, 2.45) is 0 Å². The number of benzene rings is 1. The van der Waals surface area contributed by atoms with Gasteiger partial charge in [0.1, 0.15) is 5.75 Å². The first-order valence-corrected chi connectivity index (χ1v) is 5.69. The lowest BCUT2D eigenvalue weighted by Crippen LogP contribution is -2.20. The SMILES string of the molecule is CCN(C)CCc1c[nH]c2c(O)cccc12. The monoisotopic (exact) mass is 218 g/mol. The summed E-state index contributed by atoms with van der Waals surface area (Å²) in [5.74, 6) is 0.326. The topological polar surface area (TPSA) is 39.3 Å². The Morgan fingerprint density at radius 2 is 2.19 bits per heavy atom. The number of hydrogen-bond donors (Lipinski definition) is 2. The molecule has 86 valence electrons. The number of phenolic OH excluding ortho intramolecular Hbond substituents is 1. The third-order valence-corrected chi connectivity index (χ3v) is 3.08. The lowest BCUT2D eigenvalue weighted by atomic mass is 10.1. The highest BCUT2D eigenvalue weighted by Gasteiger charge is 2.06. The van der Waals surface area contributed by atoms with Crippen molar-refractivity contribution in [3.05, 3.63) is 30.0 Å². The molecule has 2 N–H and O–H groups in total. The van der Waals surface area contributed by atoms with Crippen molar-refractivity contribution in [3.8, 4) is 5.75 Å². The van der Waals surface area contributed by atoms with Crippen LogP contribution in [0, 0.1) is 0 Å². The van der Waals surface area contributed by atoms with E-state index >= 15 is 0 Å². The molecule has 0 amide bonds. The number of fused-ring (bicyclic) bond motifs is 1. The Kier molecular flexibility index (Phi) is 3.15. The molecule has 0 fully saturated rings. The van der Waals surface area contributed by atoms with E-state index in [9.17, 15) is 5.11 Å². The molecule has 0 saturated heterocycles. The second-order valence-corrected chi connectivity index (χ2v) is 4.16. The first kappa shape index (κ1) is 11.0. The van der Waals surface area contributed by atoms with E-state index in [1.165, 1.54) is 5.56 Å².